The van der Waals surface area contributed by atoms with Gasteiger partial charge in [-0.2, -0.15) is 0 Å². The van der Waals surface area contributed by atoms with Crippen LogP contribution in [0, 0.1) is 11.8 Å². The first-order valence-corrected chi connectivity index (χ1v) is 7.30. The zero-order valence-electron chi connectivity index (χ0n) is 11.3. The number of nitrogens with zero attached hydrogens (tertiary/aromatic N) is 1. The summed E-state index contributed by atoms with van der Waals surface area (Å²) in [5.74, 6) is 1.32. The lowest BCUT2D eigenvalue weighted by atomic mass is 9.93. The third-order valence-electron chi connectivity index (χ3n) is 4.82. The van der Waals surface area contributed by atoms with Crippen LogP contribution in [0.3, 0.4) is 0 Å². The monoisotopic (exact) mass is 258 g/mol. The molecule has 3 rings (SSSR count). The van der Waals surface area contributed by atoms with Crippen LogP contribution >= 0.6 is 0 Å². The molecule has 1 aliphatic heterocycles. The van der Waals surface area contributed by atoms with Crippen molar-refractivity contribution in [3.63, 3.8) is 0 Å². The zero-order valence-corrected chi connectivity index (χ0v) is 11.3. The molecule has 0 aromatic heterocycles. The largest absolute Gasteiger partial charge is 0.370 e. The molecule has 2 fully saturated rings. The maximum atomic E-state index is 11.0. The molecule has 19 heavy (non-hydrogen) atoms. The van der Waals surface area contributed by atoms with E-state index in [0.717, 1.165) is 18.9 Å². The van der Waals surface area contributed by atoms with Crippen LogP contribution in [0.15, 0.2) is 30.3 Å². The van der Waals surface area contributed by atoms with Crippen LogP contribution in [-0.2, 0) is 11.3 Å². The number of rotatable bonds is 5. The van der Waals surface area contributed by atoms with Crippen LogP contribution in [0.25, 0.3) is 0 Å². The predicted octanol–water partition coefficient (Wildman–Crippen LogP) is 2.16. The molecule has 0 spiro atoms. The fraction of sp³-hybridized carbons (Fsp3) is 0.562. The van der Waals surface area contributed by atoms with Crippen LogP contribution < -0.4 is 5.73 Å². The van der Waals surface area contributed by atoms with Gasteiger partial charge in [-0.15, -0.1) is 0 Å². The highest BCUT2D eigenvalue weighted by Crippen LogP contribution is 2.45. The molecule has 1 saturated heterocycles. The second-order valence-electron chi connectivity index (χ2n) is 5.99. The van der Waals surface area contributed by atoms with Crippen LogP contribution in [0.4, 0.5) is 0 Å². The SMILES string of the molecule is NC(=O)CCC1C2CCC1N(Cc1ccccc1)C2. The number of benzene rings is 1. The summed E-state index contributed by atoms with van der Waals surface area (Å²) < 4.78 is 0. The number of likely N-dealkylation sites (tertiary alicyclic amines) is 1. The Balaban J connectivity index is 1.62. The first-order chi connectivity index (χ1) is 9.24. The van der Waals surface area contributed by atoms with E-state index in [2.05, 4.69) is 35.2 Å². The topological polar surface area (TPSA) is 46.3 Å². The van der Waals surface area contributed by atoms with E-state index in [4.69, 9.17) is 5.73 Å². The summed E-state index contributed by atoms with van der Waals surface area (Å²) in [5, 5.41) is 0. The van der Waals surface area contributed by atoms with Gasteiger partial charge in [0.05, 0.1) is 0 Å². The third-order valence-corrected chi connectivity index (χ3v) is 4.82. The molecule has 1 heterocycles. The van der Waals surface area contributed by atoms with Crippen LogP contribution in [0.1, 0.15) is 31.2 Å². The van der Waals surface area contributed by atoms with Crippen LogP contribution in [-0.4, -0.2) is 23.4 Å². The lowest BCUT2D eigenvalue weighted by molar-refractivity contribution is -0.118. The van der Waals surface area contributed by atoms with Crippen LogP contribution in [0.2, 0.25) is 0 Å². The Morgan fingerprint density at radius 1 is 1.26 bits per heavy atom. The number of carbonyl (C=O) groups is 1. The maximum absolute atomic E-state index is 11.0. The fourth-order valence-electron chi connectivity index (χ4n) is 3.98. The van der Waals surface area contributed by atoms with Gasteiger partial charge in [0.2, 0.25) is 5.91 Å². The Morgan fingerprint density at radius 2 is 2.05 bits per heavy atom. The highest BCUT2D eigenvalue weighted by atomic mass is 16.1. The summed E-state index contributed by atoms with van der Waals surface area (Å²) in [6.07, 6.45) is 4.16. The Morgan fingerprint density at radius 3 is 2.79 bits per heavy atom. The number of hydrogen-bond donors (Lipinski definition) is 1. The maximum Gasteiger partial charge on any atom is 0.217 e. The summed E-state index contributed by atoms with van der Waals surface area (Å²) in [4.78, 5) is 13.6. The molecule has 1 amide bonds. The second kappa shape index (κ2) is 5.33. The number of nitrogens with two attached hydrogens (primary N) is 1. The van der Waals surface area contributed by atoms with Gasteiger partial charge in [0.15, 0.2) is 0 Å². The summed E-state index contributed by atoms with van der Waals surface area (Å²) in [7, 11) is 0. The normalized spacial score (nSPS) is 29.8. The molecule has 1 aliphatic carbocycles. The number of primary amides is 1. The first-order valence-electron chi connectivity index (χ1n) is 7.30. The molecular formula is C16H22N2O. The predicted molar refractivity (Wildman–Crippen MR) is 75.3 cm³/mol. The lowest BCUT2D eigenvalue weighted by Gasteiger charge is -2.27. The summed E-state index contributed by atoms with van der Waals surface area (Å²) in [5.41, 5.74) is 6.68. The fourth-order valence-corrected chi connectivity index (χ4v) is 3.98. The summed E-state index contributed by atoms with van der Waals surface area (Å²) in [6, 6.07) is 11.3. The average Bonchev–Trinajstić information content (AvgIpc) is 2.94. The van der Waals surface area contributed by atoms with E-state index in [1.165, 1.54) is 24.9 Å². The molecule has 0 radical (unpaired) electrons. The molecule has 102 valence electrons. The molecule has 3 unspecified atom stereocenters. The van der Waals surface area contributed by atoms with Gasteiger partial charge in [0, 0.05) is 25.6 Å². The van der Waals surface area contributed by atoms with Crippen molar-refractivity contribution in [3.8, 4) is 0 Å². The quantitative estimate of drug-likeness (QED) is 0.879. The van der Waals surface area contributed by atoms with Crippen molar-refractivity contribution in [1.82, 2.24) is 4.90 Å². The van der Waals surface area contributed by atoms with Gasteiger partial charge in [0.1, 0.15) is 0 Å². The average molecular weight is 258 g/mol. The molecule has 2 aliphatic rings. The van der Waals surface area contributed by atoms with Gasteiger partial charge in [-0.3, -0.25) is 9.69 Å². The third kappa shape index (κ3) is 2.66. The molecular weight excluding hydrogens is 236 g/mol. The molecule has 3 heteroatoms. The van der Waals surface area contributed by atoms with Crippen molar-refractivity contribution in [2.45, 2.75) is 38.3 Å². The molecule has 1 aromatic carbocycles. The Kier molecular flexibility index (Phi) is 3.56. The van der Waals surface area contributed by atoms with Crippen molar-refractivity contribution < 1.29 is 4.79 Å². The first kappa shape index (κ1) is 12.7. The number of amides is 1. The number of fused-ring (bicyclic) bond motifs is 2. The van der Waals surface area contributed by atoms with Gasteiger partial charge in [-0.1, -0.05) is 30.3 Å². The van der Waals surface area contributed by atoms with E-state index in [9.17, 15) is 4.79 Å². The Hall–Kier alpha value is -1.35. The molecule has 3 nitrogen and oxygen atoms in total. The van der Waals surface area contributed by atoms with E-state index in [-0.39, 0.29) is 5.91 Å². The van der Waals surface area contributed by atoms with Crippen molar-refractivity contribution in [1.29, 1.82) is 0 Å². The summed E-state index contributed by atoms with van der Waals surface area (Å²) >= 11 is 0. The van der Waals surface area contributed by atoms with Crippen molar-refractivity contribution in [3.05, 3.63) is 35.9 Å². The minimum Gasteiger partial charge on any atom is -0.370 e. The lowest BCUT2D eigenvalue weighted by Crippen LogP contribution is -2.32. The molecule has 2 N–H and O–H groups in total. The Bertz CT molecular complexity index is 445. The van der Waals surface area contributed by atoms with E-state index in [0.29, 0.717) is 18.4 Å². The van der Waals surface area contributed by atoms with Crippen molar-refractivity contribution >= 4 is 5.91 Å². The minimum absolute atomic E-state index is 0.152. The van der Waals surface area contributed by atoms with Crippen molar-refractivity contribution in [2.75, 3.05) is 6.54 Å². The van der Waals surface area contributed by atoms with Crippen LogP contribution in [0.5, 0.6) is 0 Å². The highest BCUT2D eigenvalue weighted by molar-refractivity contribution is 5.73. The smallest absolute Gasteiger partial charge is 0.217 e. The van der Waals surface area contributed by atoms with E-state index in [1.54, 1.807) is 0 Å². The second-order valence-corrected chi connectivity index (χ2v) is 5.99. The van der Waals surface area contributed by atoms with Gasteiger partial charge in [0.25, 0.3) is 0 Å². The number of piperidine rings is 1. The van der Waals surface area contributed by atoms with E-state index >= 15 is 0 Å². The molecule has 1 saturated carbocycles. The molecule has 2 bridgehead atoms. The molecule has 1 aromatic rings. The van der Waals surface area contributed by atoms with Gasteiger partial charge in [-0.25, -0.2) is 0 Å². The van der Waals surface area contributed by atoms with Gasteiger partial charge < -0.3 is 5.73 Å². The Labute approximate surface area is 114 Å². The van der Waals surface area contributed by atoms with Gasteiger partial charge in [-0.05, 0) is 36.7 Å². The standard InChI is InChI=1S/C16H22N2O/c17-16(19)9-7-14-13-6-8-15(14)18(11-13)10-12-4-2-1-3-5-12/h1-5,13-15H,6-11H2,(H2,17,19). The number of hydrogen-bond acceptors (Lipinski definition) is 2. The number of carbonyl (C=O) groups excluding carboxylic acids is 1. The zero-order chi connectivity index (χ0) is 13.2. The van der Waals surface area contributed by atoms with Gasteiger partial charge >= 0.3 is 0 Å². The van der Waals surface area contributed by atoms with Crippen molar-refractivity contribution in [2.24, 2.45) is 17.6 Å². The van der Waals surface area contributed by atoms with E-state index < -0.39 is 0 Å². The molecule has 3 atom stereocenters. The minimum atomic E-state index is -0.152. The van der Waals surface area contributed by atoms with E-state index in [1.807, 2.05) is 0 Å². The summed E-state index contributed by atoms with van der Waals surface area (Å²) in [6.45, 7) is 2.25. The highest BCUT2D eigenvalue weighted by Gasteiger charge is 2.45.